The molecule has 1 atom stereocenters. The highest BCUT2D eigenvalue weighted by molar-refractivity contribution is 5.53. The van der Waals surface area contributed by atoms with Crippen molar-refractivity contribution in [1.29, 1.82) is 0 Å². The summed E-state index contributed by atoms with van der Waals surface area (Å²) in [4.78, 5) is 0. The van der Waals surface area contributed by atoms with Crippen LogP contribution in [0.4, 0.5) is 5.69 Å². The monoisotopic (exact) mass is 289 g/mol. The highest BCUT2D eigenvalue weighted by atomic mass is 16.5. The molecule has 0 heterocycles. The topological polar surface area (TPSA) is 82.0 Å². The number of anilines is 1. The van der Waals surface area contributed by atoms with Crippen molar-refractivity contribution in [3.63, 3.8) is 0 Å². The number of hydrogen-bond acceptors (Lipinski definition) is 5. The minimum Gasteiger partial charge on any atom is -0.508 e. The van der Waals surface area contributed by atoms with Crippen molar-refractivity contribution in [3.8, 4) is 17.2 Å². The van der Waals surface area contributed by atoms with Crippen molar-refractivity contribution in [2.75, 3.05) is 19.0 Å². The van der Waals surface area contributed by atoms with Crippen molar-refractivity contribution in [3.05, 3.63) is 48.0 Å². The molecular formula is C16H19NO4. The molecule has 0 aliphatic rings. The predicted octanol–water partition coefficient (Wildman–Crippen LogP) is 2.43. The van der Waals surface area contributed by atoms with Crippen LogP contribution in [0, 0.1) is 0 Å². The maximum Gasteiger partial charge on any atom is 0.120 e. The minimum atomic E-state index is -0.859. The van der Waals surface area contributed by atoms with Crippen molar-refractivity contribution >= 4 is 5.69 Å². The summed E-state index contributed by atoms with van der Waals surface area (Å²) in [6.07, 6.45) is 0. The second-order valence-corrected chi connectivity index (χ2v) is 5.09. The van der Waals surface area contributed by atoms with Gasteiger partial charge in [0, 0.05) is 17.8 Å². The van der Waals surface area contributed by atoms with E-state index in [-0.39, 0.29) is 18.1 Å². The molecule has 0 saturated carbocycles. The van der Waals surface area contributed by atoms with E-state index in [0.717, 1.165) is 5.69 Å². The van der Waals surface area contributed by atoms with Gasteiger partial charge in [-0.2, -0.15) is 0 Å². The molecule has 2 aromatic carbocycles. The first kappa shape index (κ1) is 15.0. The molecule has 0 aromatic heterocycles. The number of benzene rings is 2. The Bertz CT molecular complexity index is 609. The molecule has 5 heteroatoms. The second kappa shape index (κ2) is 5.93. The van der Waals surface area contributed by atoms with Crippen molar-refractivity contribution in [2.45, 2.75) is 12.5 Å². The van der Waals surface area contributed by atoms with E-state index < -0.39 is 5.54 Å². The third-order valence-corrected chi connectivity index (χ3v) is 3.35. The van der Waals surface area contributed by atoms with Gasteiger partial charge in [-0.25, -0.2) is 0 Å². The molecule has 21 heavy (non-hydrogen) atoms. The SMILES string of the molecule is COc1cccc(NC(C)(CO)c2cc(O)cc(O)c2)c1. The molecule has 0 amide bonds. The lowest BCUT2D eigenvalue weighted by Gasteiger charge is -2.31. The lowest BCUT2D eigenvalue weighted by molar-refractivity contribution is 0.223. The molecule has 0 fully saturated rings. The fraction of sp³-hybridized carbons (Fsp3) is 0.250. The number of ether oxygens (including phenoxy) is 1. The molecule has 0 aliphatic carbocycles. The molecule has 2 aromatic rings. The zero-order chi connectivity index (χ0) is 15.5. The summed E-state index contributed by atoms with van der Waals surface area (Å²) in [5.41, 5.74) is 0.474. The largest absolute Gasteiger partial charge is 0.508 e. The normalized spacial score (nSPS) is 13.5. The number of phenols is 2. The minimum absolute atomic E-state index is 0.0582. The molecule has 0 bridgehead atoms. The molecule has 0 spiro atoms. The summed E-state index contributed by atoms with van der Waals surface area (Å²) >= 11 is 0. The van der Waals surface area contributed by atoms with Crippen LogP contribution in [0.25, 0.3) is 0 Å². The Kier molecular flexibility index (Phi) is 4.23. The van der Waals surface area contributed by atoms with Crippen molar-refractivity contribution in [2.24, 2.45) is 0 Å². The van der Waals surface area contributed by atoms with E-state index in [1.165, 1.54) is 18.2 Å². The standard InChI is InChI=1S/C16H19NO4/c1-16(10-18,11-6-13(19)9-14(20)7-11)17-12-4-3-5-15(8-12)21-2/h3-9,17-20H,10H2,1-2H3. The van der Waals surface area contributed by atoms with Crippen LogP contribution in [-0.2, 0) is 5.54 Å². The lowest BCUT2D eigenvalue weighted by atomic mass is 9.92. The van der Waals surface area contributed by atoms with E-state index in [9.17, 15) is 15.3 Å². The Morgan fingerprint density at radius 1 is 1.10 bits per heavy atom. The van der Waals surface area contributed by atoms with Gasteiger partial charge in [-0.1, -0.05) is 6.07 Å². The zero-order valence-electron chi connectivity index (χ0n) is 12.0. The summed E-state index contributed by atoms with van der Waals surface area (Å²) < 4.78 is 5.16. The van der Waals surface area contributed by atoms with Gasteiger partial charge in [0.2, 0.25) is 0 Å². The summed E-state index contributed by atoms with van der Waals surface area (Å²) in [5.74, 6) is 0.577. The number of aromatic hydroxyl groups is 2. The van der Waals surface area contributed by atoms with Gasteiger partial charge in [0.25, 0.3) is 0 Å². The van der Waals surface area contributed by atoms with E-state index in [4.69, 9.17) is 4.74 Å². The molecule has 4 N–H and O–H groups in total. The van der Waals surface area contributed by atoms with Crippen LogP contribution in [0.5, 0.6) is 17.2 Å². The quantitative estimate of drug-likeness (QED) is 0.679. The van der Waals surface area contributed by atoms with Gasteiger partial charge in [0.15, 0.2) is 0 Å². The maximum atomic E-state index is 9.75. The number of nitrogens with one attached hydrogen (secondary N) is 1. The molecule has 1 unspecified atom stereocenters. The summed E-state index contributed by atoms with van der Waals surface area (Å²) in [7, 11) is 1.58. The summed E-state index contributed by atoms with van der Waals surface area (Å²) in [6, 6.07) is 11.6. The fourth-order valence-electron chi connectivity index (χ4n) is 2.14. The van der Waals surface area contributed by atoms with Gasteiger partial charge in [-0.3, -0.25) is 0 Å². The Labute approximate surface area is 123 Å². The number of methoxy groups -OCH3 is 1. The molecule has 112 valence electrons. The van der Waals surface area contributed by atoms with Crippen LogP contribution in [0.1, 0.15) is 12.5 Å². The van der Waals surface area contributed by atoms with Crippen LogP contribution >= 0.6 is 0 Å². The van der Waals surface area contributed by atoms with Crippen molar-refractivity contribution < 1.29 is 20.1 Å². The highest BCUT2D eigenvalue weighted by Gasteiger charge is 2.27. The van der Waals surface area contributed by atoms with Gasteiger partial charge < -0.3 is 25.4 Å². The third kappa shape index (κ3) is 3.38. The van der Waals surface area contributed by atoms with Crippen LogP contribution in [0.15, 0.2) is 42.5 Å². The first-order chi connectivity index (χ1) is 9.96. The van der Waals surface area contributed by atoms with E-state index in [0.29, 0.717) is 11.3 Å². The van der Waals surface area contributed by atoms with Crippen LogP contribution < -0.4 is 10.1 Å². The van der Waals surface area contributed by atoms with E-state index in [1.807, 2.05) is 18.2 Å². The lowest BCUT2D eigenvalue weighted by Crippen LogP contribution is -2.35. The van der Waals surface area contributed by atoms with E-state index in [1.54, 1.807) is 20.1 Å². The average molecular weight is 289 g/mol. The Morgan fingerprint density at radius 3 is 2.33 bits per heavy atom. The summed E-state index contributed by atoms with van der Waals surface area (Å²) in [6.45, 7) is 1.56. The van der Waals surface area contributed by atoms with E-state index in [2.05, 4.69) is 5.32 Å². The number of aliphatic hydroxyl groups is 1. The fourth-order valence-corrected chi connectivity index (χ4v) is 2.14. The Morgan fingerprint density at radius 2 is 1.76 bits per heavy atom. The molecule has 0 aliphatic heterocycles. The van der Waals surface area contributed by atoms with Gasteiger partial charge >= 0.3 is 0 Å². The smallest absolute Gasteiger partial charge is 0.120 e. The van der Waals surface area contributed by atoms with E-state index >= 15 is 0 Å². The number of hydrogen-bond donors (Lipinski definition) is 4. The Hall–Kier alpha value is -2.40. The molecule has 0 saturated heterocycles. The zero-order valence-corrected chi connectivity index (χ0v) is 12.0. The number of phenolic OH excluding ortho intramolecular Hbond substituents is 2. The first-order valence-electron chi connectivity index (χ1n) is 6.53. The molecule has 5 nitrogen and oxygen atoms in total. The van der Waals surface area contributed by atoms with Gasteiger partial charge in [0.05, 0.1) is 19.3 Å². The average Bonchev–Trinajstić information content (AvgIpc) is 2.46. The first-order valence-corrected chi connectivity index (χ1v) is 6.53. The number of rotatable bonds is 5. The maximum absolute atomic E-state index is 9.75. The molecular weight excluding hydrogens is 270 g/mol. The molecule has 2 rings (SSSR count). The number of aliphatic hydroxyl groups excluding tert-OH is 1. The van der Waals surface area contributed by atoms with Gasteiger partial charge in [0.1, 0.15) is 17.2 Å². The predicted molar refractivity (Wildman–Crippen MR) is 80.8 cm³/mol. The van der Waals surface area contributed by atoms with Crippen LogP contribution in [-0.4, -0.2) is 29.0 Å². The van der Waals surface area contributed by atoms with Crippen LogP contribution in [0.2, 0.25) is 0 Å². The highest BCUT2D eigenvalue weighted by Crippen LogP contribution is 2.32. The molecule has 0 radical (unpaired) electrons. The third-order valence-electron chi connectivity index (χ3n) is 3.35. The van der Waals surface area contributed by atoms with Gasteiger partial charge in [-0.15, -0.1) is 0 Å². The Balaban J connectivity index is 2.36. The summed E-state index contributed by atoms with van der Waals surface area (Å²) in [5, 5.41) is 32.2. The second-order valence-electron chi connectivity index (χ2n) is 5.09. The van der Waals surface area contributed by atoms with Crippen molar-refractivity contribution in [1.82, 2.24) is 0 Å². The van der Waals surface area contributed by atoms with Crippen LogP contribution in [0.3, 0.4) is 0 Å². The van der Waals surface area contributed by atoms with Gasteiger partial charge in [-0.05, 0) is 36.8 Å².